The maximum atomic E-state index is 11.6. The second kappa shape index (κ2) is 7.58. The lowest BCUT2D eigenvalue weighted by Gasteiger charge is -2.44. The number of rotatable bonds is 5. The minimum atomic E-state index is -2.63. The lowest BCUT2D eigenvalue weighted by molar-refractivity contribution is -0.141. The first-order valence-electron chi connectivity index (χ1n) is 9.47. The third-order valence-corrected chi connectivity index (χ3v) is 10.6. The summed E-state index contributed by atoms with van der Waals surface area (Å²) in [5.74, 6) is -0.772. The lowest BCUT2D eigenvalue weighted by atomic mass is 10.2. The molecular formula is C22H29NO3Si. The molecule has 2 aromatic carbocycles. The molecule has 1 N–H and O–H groups in total. The fraction of sp³-hybridized carbons (Fsp3) is 0.409. The Morgan fingerprint density at radius 3 is 1.89 bits per heavy atom. The van der Waals surface area contributed by atoms with Crippen LogP contribution in [0, 0.1) is 0 Å². The largest absolute Gasteiger partial charge is 0.480 e. The van der Waals surface area contributed by atoms with Gasteiger partial charge in [-0.2, -0.15) is 0 Å². The predicted molar refractivity (Wildman–Crippen MR) is 111 cm³/mol. The Bertz CT molecular complexity index is 734. The topological polar surface area (TPSA) is 49.8 Å². The van der Waals surface area contributed by atoms with Crippen molar-refractivity contribution in [1.29, 1.82) is 0 Å². The summed E-state index contributed by atoms with van der Waals surface area (Å²) in [4.78, 5) is 13.5. The Morgan fingerprint density at radius 1 is 1.04 bits per heavy atom. The van der Waals surface area contributed by atoms with E-state index in [0.717, 1.165) is 0 Å². The highest BCUT2D eigenvalue weighted by molar-refractivity contribution is 6.99. The van der Waals surface area contributed by atoms with Gasteiger partial charge in [0.15, 0.2) is 0 Å². The first-order chi connectivity index (χ1) is 12.8. The van der Waals surface area contributed by atoms with Gasteiger partial charge in [0, 0.05) is 6.54 Å². The van der Waals surface area contributed by atoms with Crippen LogP contribution in [-0.2, 0) is 9.22 Å². The van der Waals surface area contributed by atoms with Gasteiger partial charge in [-0.3, -0.25) is 9.69 Å². The highest BCUT2D eigenvalue weighted by Crippen LogP contribution is 2.38. The van der Waals surface area contributed by atoms with Crippen LogP contribution < -0.4 is 10.4 Å². The Labute approximate surface area is 162 Å². The van der Waals surface area contributed by atoms with E-state index in [4.69, 9.17) is 4.43 Å². The summed E-state index contributed by atoms with van der Waals surface area (Å²) in [6.07, 6.45) is 0.429. The van der Waals surface area contributed by atoms with E-state index < -0.39 is 20.3 Å². The van der Waals surface area contributed by atoms with Crippen molar-refractivity contribution in [3.63, 3.8) is 0 Å². The molecular weight excluding hydrogens is 354 g/mol. The van der Waals surface area contributed by atoms with E-state index in [1.807, 2.05) is 24.1 Å². The molecule has 0 bridgehead atoms. The van der Waals surface area contributed by atoms with Gasteiger partial charge >= 0.3 is 5.97 Å². The normalized spacial score (nSPS) is 21.3. The molecule has 144 valence electrons. The molecule has 1 aliphatic rings. The number of nitrogens with zero attached hydrogens (tertiary/aromatic N) is 1. The van der Waals surface area contributed by atoms with Crippen LogP contribution in [0.4, 0.5) is 0 Å². The summed E-state index contributed by atoms with van der Waals surface area (Å²) in [7, 11) is -0.759. The van der Waals surface area contributed by atoms with Crippen molar-refractivity contribution in [3.05, 3.63) is 60.7 Å². The average molecular weight is 384 g/mol. The van der Waals surface area contributed by atoms with Gasteiger partial charge in [0.05, 0.1) is 6.10 Å². The summed E-state index contributed by atoms with van der Waals surface area (Å²) in [5, 5.41) is 11.9. The highest BCUT2D eigenvalue weighted by Gasteiger charge is 2.52. The van der Waals surface area contributed by atoms with Crippen LogP contribution in [0.1, 0.15) is 27.2 Å². The van der Waals surface area contributed by atoms with Crippen LogP contribution in [0.3, 0.4) is 0 Å². The number of likely N-dealkylation sites (tertiary alicyclic amines) is 1. The third kappa shape index (κ3) is 3.72. The molecule has 1 heterocycles. The third-order valence-electron chi connectivity index (χ3n) is 5.56. The predicted octanol–water partition coefficient (Wildman–Crippen LogP) is 2.72. The summed E-state index contributed by atoms with van der Waals surface area (Å²) in [6.45, 7) is 7.37. The van der Waals surface area contributed by atoms with Crippen LogP contribution >= 0.6 is 0 Å². The molecule has 0 aliphatic carbocycles. The number of carboxylic acid groups (broad SMARTS) is 1. The zero-order valence-corrected chi connectivity index (χ0v) is 17.6. The molecule has 1 fully saturated rings. The first kappa shape index (κ1) is 19.8. The number of hydrogen-bond donors (Lipinski definition) is 1. The molecule has 5 heteroatoms. The molecule has 27 heavy (non-hydrogen) atoms. The second-order valence-electron chi connectivity index (χ2n) is 8.43. The summed E-state index contributed by atoms with van der Waals surface area (Å²) >= 11 is 0. The van der Waals surface area contributed by atoms with Gasteiger partial charge in [0.1, 0.15) is 6.04 Å². The number of aliphatic carboxylic acids is 1. The quantitative estimate of drug-likeness (QED) is 0.807. The Kier molecular flexibility index (Phi) is 5.56. The van der Waals surface area contributed by atoms with Crippen LogP contribution in [0.2, 0.25) is 5.04 Å². The van der Waals surface area contributed by atoms with Crippen LogP contribution in [0.15, 0.2) is 60.7 Å². The van der Waals surface area contributed by atoms with Gasteiger partial charge in [0.25, 0.3) is 8.32 Å². The van der Waals surface area contributed by atoms with Crippen molar-refractivity contribution in [3.8, 4) is 0 Å². The Hall–Kier alpha value is -1.95. The number of carboxylic acids is 1. The maximum Gasteiger partial charge on any atom is 0.321 e. The molecule has 4 nitrogen and oxygen atoms in total. The van der Waals surface area contributed by atoms with Crippen molar-refractivity contribution >= 4 is 24.7 Å². The molecule has 0 radical (unpaired) electrons. The fourth-order valence-electron chi connectivity index (χ4n) is 4.27. The number of carbonyl (C=O) groups is 1. The van der Waals surface area contributed by atoms with Crippen molar-refractivity contribution in [2.75, 3.05) is 13.6 Å². The molecule has 3 rings (SSSR count). The SMILES string of the molecule is CN1C[C@@H](O[Si](c2ccccc2)(c2ccccc2)C(C)(C)C)C[C@@H]1C(=O)O. The number of benzene rings is 2. The molecule has 0 spiro atoms. The summed E-state index contributed by atoms with van der Waals surface area (Å²) < 4.78 is 7.02. The van der Waals surface area contributed by atoms with Gasteiger partial charge in [0.2, 0.25) is 0 Å². The fourth-order valence-corrected chi connectivity index (χ4v) is 8.95. The molecule has 0 unspecified atom stereocenters. The smallest absolute Gasteiger partial charge is 0.321 e. The van der Waals surface area contributed by atoms with E-state index in [9.17, 15) is 9.90 Å². The Balaban J connectivity index is 2.09. The summed E-state index contributed by atoms with van der Waals surface area (Å²) in [5.41, 5.74) is 0. The molecule has 1 aliphatic heterocycles. The van der Waals surface area contributed by atoms with E-state index in [-0.39, 0.29) is 11.1 Å². The van der Waals surface area contributed by atoms with Crippen molar-refractivity contribution < 1.29 is 14.3 Å². The van der Waals surface area contributed by atoms with Crippen molar-refractivity contribution in [2.24, 2.45) is 0 Å². The van der Waals surface area contributed by atoms with Gasteiger partial charge in [-0.25, -0.2) is 0 Å². The maximum absolute atomic E-state index is 11.6. The monoisotopic (exact) mass is 383 g/mol. The average Bonchev–Trinajstić information content (AvgIpc) is 3.00. The van der Waals surface area contributed by atoms with E-state index in [2.05, 4.69) is 69.3 Å². The van der Waals surface area contributed by atoms with Gasteiger partial charge < -0.3 is 9.53 Å². The molecule has 2 atom stereocenters. The van der Waals surface area contributed by atoms with Gasteiger partial charge in [-0.15, -0.1) is 0 Å². The minimum absolute atomic E-state index is 0.0950. The zero-order chi connectivity index (χ0) is 19.7. The minimum Gasteiger partial charge on any atom is -0.480 e. The van der Waals surface area contributed by atoms with E-state index >= 15 is 0 Å². The van der Waals surface area contributed by atoms with Crippen molar-refractivity contribution in [1.82, 2.24) is 4.90 Å². The van der Waals surface area contributed by atoms with Crippen molar-refractivity contribution in [2.45, 2.75) is 44.4 Å². The van der Waals surface area contributed by atoms with Crippen LogP contribution in [0.25, 0.3) is 0 Å². The van der Waals surface area contributed by atoms with E-state index in [0.29, 0.717) is 13.0 Å². The standard InChI is InChI=1S/C22H29NO3Si/c1-22(2,3)27(18-11-7-5-8-12-18,19-13-9-6-10-14-19)26-17-15-20(21(24)25)23(4)16-17/h5-14,17,20H,15-16H2,1-4H3,(H,24,25)/t17-,20+/m0/s1. The number of hydrogen-bond acceptors (Lipinski definition) is 3. The molecule has 0 saturated carbocycles. The van der Waals surface area contributed by atoms with E-state index in [1.54, 1.807) is 0 Å². The molecule has 0 amide bonds. The number of likely N-dealkylation sites (N-methyl/N-ethyl adjacent to an activating group) is 1. The van der Waals surface area contributed by atoms with E-state index in [1.165, 1.54) is 10.4 Å². The van der Waals surface area contributed by atoms with Gasteiger partial charge in [-0.05, 0) is 28.9 Å². The molecule has 2 aromatic rings. The summed E-state index contributed by atoms with van der Waals surface area (Å²) in [6, 6.07) is 20.5. The first-order valence-corrected chi connectivity index (χ1v) is 11.4. The Morgan fingerprint density at radius 2 is 1.52 bits per heavy atom. The highest BCUT2D eigenvalue weighted by atomic mass is 28.4. The molecule has 0 aromatic heterocycles. The second-order valence-corrected chi connectivity index (χ2v) is 12.7. The molecule has 1 saturated heterocycles. The van der Waals surface area contributed by atoms with Crippen LogP contribution in [0.5, 0.6) is 0 Å². The van der Waals surface area contributed by atoms with Crippen LogP contribution in [-0.4, -0.2) is 50.0 Å². The zero-order valence-electron chi connectivity index (χ0n) is 16.6. The van der Waals surface area contributed by atoms with Gasteiger partial charge in [-0.1, -0.05) is 81.4 Å². The lowest BCUT2D eigenvalue weighted by Crippen LogP contribution is -2.67.